The third-order valence-corrected chi connectivity index (χ3v) is 4.10. The van der Waals surface area contributed by atoms with Gasteiger partial charge in [0.15, 0.2) is 5.11 Å². The maximum absolute atomic E-state index is 11.7. The molecular weight excluding hydrogens is 366 g/mol. The fourth-order valence-corrected chi connectivity index (χ4v) is 2.65. The van der Waals surface area contributed by atoms with Crippen molar-refractivity contribution >= 4 is 58.2 Å². The lowest BCUT2D eigenvalue weighted by Gasteiger charge is -2.09. The highest BCUT2D eigenvalue weighted by Gasteiger charge is 2.05. The number of benzene rings is 1. The van der Waals surface area contributed by atoms with Crippen LogP contribution in [0.2, 0.25) is 5.02 Å². The van der Waals surface area contributed by atoms with Crippen LogP contribution < -0.4 is 16.2 Å². The molecule has 0 spiro atoms. The number of nitrogens with one attached hydrogen (secondary N) is 3. The van der Waals surface area contributed by atoms with Crippen molar-refractivity contribution in [2.45, 2.75) is 6.42 Å². The van der Waals surface area contributed by atoms with Crippen LogP contribution in [0.15, 0.2) is 47.9 Å². The summed E-state index contributed by atoms with van der Waals surface area (Å²) < 4.78 is 0. The molecule has 0 bridgehead atoms. The fraction of sp³-hybridized carbons (Fsp3) is 0.0625. The smallest absolute Gasteiger partial charge is 0.250 e. The molecule has 0 saturated heterocycles. The minimum absolute atomic E-state index is 0.0142. The van der Waals surface area contributed by atoms with Crippen molar-refractivity contribution in [3.63, 3.8) is 0 Å². The fourth-order valence-electron chi connectivity index (χ4n) is 1.67. The second kappa shape index (κ2) is 9.17. The van der Waals surface area contributed by atoms with Crippen molar-refractivity contribution in [3.8, 4) is 0 Å². The quantitative estimate of drug-likeness (QED) is 0.434. The predicted octanol–water partition coefficient (Wildman–Crippen LogP) is 2.68. The second-order valence-corrected chi connectivity index (χ2v) is 6.51. The van der Waals surface area contributed by atoms with E-state index in [0.717, 1.165) is 10.4 Å². The molecule has 0 saturated carbocycles. The van der Waals surface area contributed by atoms with Crippen LogP contribution in [0, 0.1) is 0 Å². The molecule has 2 rings (SSSR count). The van der Waals surface area contributed by atoms with E-state index in [1.54, 1.807) is 30.3 Å². The van der Waals surface area contributed by atoms with Crippen LogP contribution in [0.1, 0.15) is 10.4 Å². The van der Waals surface area contributed by atoms with Crippen molar-refractivity contribution in [2.75, 3.05) is 0 Å². The summed E-state index contributed by atoms with van der Waals surface area (Å²) in [6, 6.07) is 10.8. The van der Waals surface area contributed by atoms with Gasteiger partial charge in [-0.15, -0.1) is 11.3 Å². The highest BCUT2D eigenvalue weighted by atomic mass is 35.5. The summed E-state index contributed by atoms with van der Waals surface area (Å²) in [7, 11) is 0. The maximum atomic E-state index is 11.7. The van der Waals surface area contributed by atoms with Crippen LogP contribution >= 0.6 is 35.2 Å². The van der Waals surface area contributed by atoms with Crippen LogP contribution in [0.3, 0.4) is 0 Å². The molecule has 1 aromatic carbocycles. The van der Waals surface area contributed by atoms with E-state index in [1.807, 2.05) is 17.5 Å². The van der Waals surface area contributed by atoms with Gasteiger partial charge in [0.05, 0.1) is 6.42 Å². The first-order valence-corrected chi connectivity index (χ1v) is 8.55. The Balaban J connectivity index is 1.72. The lowest BCUT2D eigenvalue weighted by Crippen LogP contribution is -2.48. The molecule has 1 heterocycles. The van der Waals surface area contributed by atoms with E-state index in [0.29, 0.717) is 5.02 Å². The van der Waals surface area contributed by atoms with E-state index in [4.69, 9.17) is 23.8 Å². The van der Waals surface area contributed by atoms with Gasteiger partial charge in [0.2, 0.25) is 11.8 Å². The van der Waals surface area contributed by atoms with E-state index in [-0.39, 0.29) is 17.4 Å². The molecule has 2 aromatic rings. The number of halogens is 1. The van der Waals surface area contributed by atoms with E-state index in [9.17, 15) is 9.59 Å². The molecule has 24 heavy (non-hydrogen) atoms. The Morgan fingerprint density at radius 2 is 1.92 bits per heavy atom. The lowest BCUT2D eigenvalue weighted by atomic mass is 10.2. The van der Waals surface area contributed by atoms with Gasteiger partial charge in [0.25, 0.3) is 0 Å². The Bertz CT molecular complexity index is 743. The highest BCUT2D eigenvalue weighted by Crippen LogP contribution is 2.10. The Hall–Kier alpha value is -2.22. The lowest BCUT2D eigenvalue weighted by molar-refractivity contribution is -0.121. The van der Waals surface area contributed by atoms with Crippen molar-refractivity contribution in [3.05, 3.63) is 63.3 Å². The van der Waals surface area contributed by atoms with Gasteiger partial charge in [-0.25, -0.2) is 0 Å². The number of hydrogen-bond donors (Lipinski definition) is 3. The van der Waals surface area contributed by atoms with Crippen molar-refractivity contribution in [1.29, 1.82) is 0 Å². The molecule has 0 unspecified atom stereocenters. The molecule has 8 heteroatoms. The van der Waals surface area contributed by atoms with E-state index < -0.39 is 5.91 Å². The Kier molecular flexibility index (Phi) is 6.92. The molecule has 0 radical (unpaired) electrons. The molecule has 0 aliphatic carbocycles. The minimum Gasteiger partial charge on any atom is -0.298 e. The maximum Gasteiger partial charge on any atom is 0.250 e. The number of carbonyl (C=O) groups is 2. The summed E-state index contributed by atoms with van der Waals surface area (Å²) in [6.07, 6.45) is 3.21. The molecule has 2 amide bonds. The third-order valence-electron chi connectivity index (χ3n) is 2.76. The topological polar surface area (TPSA) is 70.2 Å². The third kappa shape index (κ3) is 6.49. The Morgan fingerprint density at radius 3 is 2.58 bits per heavy atom. The average molecular weight is 380 g/mol. The van der Waals surface area contributed by atoms with Crippen LogP contribution in [0.4, 0.5) is 0 Å². The number of thiophene rings is 1. The first kappa shape index (κ1) is 18.1. The zero-order valence-electron chi connectivity index (χ0n) is 12.4. The predicted molar refractivity (Wildman–Crippen MR) is 101 cm³/mol. The first-order valence-electron chi connectivity index (χ1n) is 6.89. The van der Waals surface area contributed by atoms with Gasteiger partial charge in [-0.3, -0.25) is 25.8 Å². The minimum atomic E-state index is -0.407. The number of amides is 2. The van der Waals surface area contributed by atoms with Gasteiger partial charge in [-0.1, -0.05) is 29.8 Å². The SMILES string of the molecule is O=C(C=Cc1ccc(Cl)cc1)NC(=S)NNC(=O)Cc1cccs1. The molecule has 0 atom stereocenters. The van der Waals surface area contributed by atoms with Crippen molar-refractivity contribution < 1.29 is 9.59 Å². The summed E-state index contributed by atoms with van der Waals surface area (Å²) in [4.78, 5) is 24.3. The molecule has 3 N–H and O–H groups in total. The van der Waals surface area contributed by atoms with Gasteiger partial charge in [0.1, 0.15) is 0 Å². The van der Waals surface area contributed by atoms with E-state index >= 15 is 0 Å². The number of hydrogen-bond acceptors (Lipinski definition) is 4. The first-order chi connectivity index (χ1) is 11.5. The van der Waals surface area contributed by atoms with Gasteiger partial charge in [-0.2, -0.15) is 0 Å². The van der Waals surface area contributed by atoms with Crippen LogP contribution in [0.25, 0.3) is 6.08 Å². The number of hydrazine groups is 1. The molecule has 0 aliphatic heterocycles. The van der Waals surface area contributed by atoms with Crippen molar-refractivity contribution in [1.82, 2.24) is 16.2 Å². The van der Waals surface area contributed by atoms with Gasteiger partial charge in [-0.05, 0) is 47.4 Å². The summed E-state index contributed by atoms with van der Waals surface area (Å²) in [5, 5.41) is 4.97. The van der Waals surface area contributed by atoms with E-state index in [1.165, 1.54) is 17.4 Å². The van der Waals surface area contributed by atoms with Crippen LogP contribution in [0.5, 0.6) is 0 Å². The number of carbonyl (C=O) groups excluding carboxylic acids is 2. The number of thiocarbonyl (C=S) groups is 1. The Labute approximate surface area is 153 Å². The van der Waals surface area contributed by atoms with Gasteiger partial charge < -0.3 is 0 Å². The van der Waals surface area contributed by atoms with Crippen molar-refractivity contribution in [2.24, 2.45) is 0 Å². The zero-order chi connectivity index (χ0) is 17.4. The molecule has 0 fully saturated rings. The summed E-state index contributed by atoms with van der Waals surface area (Å²) in [5.41, 5.74) is 5.74. The molecule has 0 aliphatic rings. The van der Waals surface area contributed by atoms with Crippen LogP contribution in [-0.4, -0.2) is 16.9 Å². The zero-order valence-corrected chi connectivity index (χ0v) is 14.8. The molecular formula is C16H14ClN3O2S2. The Morgan fingerprint density at radius 1 is 1.17 bits per heavy atom. The number of rotatable bonds is 4. The average Bonchev–Trinajstić information content (AvgIpc) is 3.05. The molecule has 1 aromatic heterocycles. The monoisotopic (exact) mass is 379 g/mol. The second-order valence-electron chi connectivity index (χ2n) is 4.63. The van der Waals surface area contributed by atoms with Gasteiger partial charge >= 0.3 is 0 Å². The normalized spacial score (nSPS) is 10.4. The summed E-state index contributed by atoms with van der Waals surface area (Å²) in [5.74, 6) is -0.652. The molecule has 124 valence electrons. The van der Waals surface area contributed by atoms with E-state index in [2.05, 4.69) is 16.2 Å². The summed E-state index contributed by atoms with van der Waals surface area (Å²) >= 11 is 12.2. The van der Waals surface area contributed by atoms with Gasteiger partial charge in [0, 0.05) is 16.0 Å². The van der Waals surface area contributed by atoms with Crippen LogP contribution in [-0.2, 0) is 16.0 Å². The largest absolute Gasteiger partial charge is 0.298 e. The summed E-state index contributed by atoms with van der Waals surface area (Å²) in [6.45, 7) is 0. The highest BCUT2D eigenvalue weighted by molar-refractivity contribution is 7.80. The molecule has 5 nitrogen and oxygen atoms in total. The standard InChI is InChI=1S/C16H14ClN3O2S2/c17-12-6-3-11(4-7-12)5-8-14(21)18-16(23)20-19-15(22)10-13-2-1-9-24-13/h1-9H,10H2,(H,19,22)(H2,18,20,21,23).